The van der Waals surface area contributed by atoms with Gasteiger partial charge in [0, 0.05) is 37.1 Å². The maximum absolute atomic E-state index is 12.9. The number of carbonyl (C=O) groups excluding carboxylic acids is 1. The quantitative estimate of drug-likeness (QED) is 0.393. The summed E-state index contributed by atoms with van der Waals surface area (Å²) in [5.41, 5.74) is -0.413. The molecule has 0 bridgehead atoms. The number of nitro groups is 1. The molecule has 2 aromatic carbocycles. The number of piperazine rings is 1. The zero-order chi connectivity index (χ0) is 21.9. The van der Waals surface area contributed by atoms with Crippen molar-refractivity contribution in [2.45, 2.75) is 18.0 Å². The van der Waals surface area contributed by atoms with Crippen molar-refractivity contribution in [1.29, 1.82) is 0 Å². The predicted octanol–water partition coefficient (Wildman–Crippen LogP) is 4.36. The lowest BCUT2D eigenvalue weighted by molar-refractivity contribution is -0.384. The second-order valence-electron chi connectivity index (χ2n) is 6.88. The van der Waals surface area contributed by atoms with Crippen LogP contribution in [0.15, 0.2) is 47.4 Å². The lowest BCUT2D eigenvalue weighted by atomic mass is 10.1. The van der Waals surface area contributed by atoms with Gasteiger partial charge in [-0.15, -0.1) is 11.8 Å². The van der Waals surface area contributed by atoms with Crippen LogP contribution in [0.5, 0.6) is 0 Å². The first kappa shape index (κ1) is 21.9. The molecule has 0 N–H and O–H groups in total. The summed E-state index contributed by atoms with van der Waals surface area (Å²) >= 11 is 1.46. The number of alkyl halides is 3. The van der Waals surface area contributed by atoms with Gasteiger partial charge in [0.1, 0.15) is 5.69 Å². The Balaban J connectivity index is 1.63. The largest absolute Gasteiger partial charge is 0.416 e. The number of carbonyl (C=O) groups is 1. The van der Waals surface area contributed by atoms with E-state index in [4.69, 9.17) is 0 Å². The summed E-state index contributed by atoms with van der Waals surface area (Å²) in [6.45, 7) is 3.30. The van der Waals surface area contributed by atoms with Crippen LogP contribution in [0, 0.1) is 17.0 Å². The molecule has 0 unspecified atom stereocenters. The zero-order valence-corrected chi connectivity index (χ0v) is 17.0. The number of hydrogen-bond acceptors (Lipinski definition) is 5. The van der Waals surface area contributed by atoms with Gasteiger partial charge < -0.3 is 9.80 Å². The minimum atomic E-state index is -4.65. The zero-order valence-electron chi connectivity index (χ0n) is 16.2. The summed E-state index contributed by atoms with van der Waals surface area (Å²) in [5.74, 6) is 0.246. The summed E-state index contributed by atoms with van der Waals surface area (Å²) in [5, 5.41) is 11.3. The summed E-state index contributed by atoms with van der Waals surface area (Å²) in [6.07, 6.45) is -4.65. The Kier molecular flexibility index (Phi) is 6.55. The van der Waals surface area contributed by atoms with Crippen LogP contribution in [-0.2, 0) is 11.0 Å². The van der Waals surface area contributed by atoms with E-state index < -0.39 is 22.4 Å². The Morgan fingerprint density at radius 2 is 1.80 bits per heavy atom. The van der Waals surface area contributed by atoms with E-state index >= 15 is 0 Å². The van der Waals surface area contributed by atoms with E-state index in [1.54, 1.807) is 9.80 Å². The topological polar surface area (TPSA) is 66.7 Å². The van der Waals surface area contributed by atoms with E-state index in [1.807, 2.05) is 31.2 Å². The molecular weight excluding hydrogens is 419 g/mol. The smallest absolute Gasteiger partial charge is 0.362 e. The number of nitro benzene ring substituents is 1. The molecule has 160 valence electrons. The molecule has 1 amide bonds. The van der Waals surface area contributed by atoms with Crippen LogP contribution in [0.3, 0.4) is 0 Å². The highest BCUT2D eigenvalue weighted by atomic mass is 32.2. The average molecular weight is 439 g/mol. The Morgan fingerprint density at radius 3 is 2.40 bits per heavy atom. The molecule has 0 saturated carbocycles. The van der Waals surface area contributed by atoms with Crippen LogP contribution < -0.4 is 4.90 Å². The van der Waals surface area contributed by atoms with Gasteiger partial charge in [-0.25, -0.2) is 0 Å². The molecule has 1 aliphatic heterocycles. The number of aryl methyl sites for hydroxylation is 1. The number of thioether (sulfide) groups is 1. The van der Waals surface area contributed by atoms with Crippen LogP contribution in [0.2, 0.25) is 0 Å². The molecule has 0 atom stereocenters. The summed E-state index contributed by atoms with van der Waals surface area (Å²) in [4.78, 5) is 27.4. The number of hydrogen-bond donors (Lipinski definition) is 0. The van der Waals surface area contributed by atoms with E-state index in [9.17, 15) is 28.1 Å². The van der Waals surface area contributed by atoms with Crippen LogP contribution in [0.1, 0.15) is 11.1 Å². The van der Waals surface area contributed by atoms with E-state index in [2.05, 4.69) is 0 Å². The molecule has 1 aliphatic rings. The van der Waals surface area contributed by atoms with Gasteiger partial charge in [0.15, 0.2) is 0 Å². The van der Waals surface area contributed by atoms with Crippen LogP contribution in [0.25, 0.3) is 0 Å². The molecule has 0 radical (unpaired) electrons. The van der Waals surface area contributed by atoms with Crippen molar-refractivity contribution < 1.29 is 22.9 Å². The highest BCUT2D eigenvalue weighted by molar-refractivity contribution is 8.00. The summed E-state index contributed by atoms with van der Waals surface area (Å²) in [6, 6.07) is 10.3. The van der Waals surface area contributed by atoms with E-state index in [1.165, 1.54) is 11.8 Å². The molecule has 30 heavy (non-hydrogen) atoms. The SMILES string of the molecule is Cc1ccccc1SCC(=O)N1CCN(c2ccc(C(F)(F)F)cc2[N+](=O)[O-])CC1. The van der Waals surface area contributed by atoms with Gasteiger partial charge in [-0.1, -0.05) is 18.2 Å². The predicted molar refractivity (Wildman–Crippen MR) is 109 cm³/mol. The Labute approximate surface area is 175 Å². The molecule has 10 heteroatoms. The third-order valence-corrected chi connectivity index (χ3v) is 6.08. The van der Waals surface area contributed by atoms with Gasteiger partial charge in [0.2, 0.25) is 5.91 Å². The van der Waals surface area contributed by atoms with Crippen molar-refractivity contribution in [1.82, 2.24) is 4.90 Å². The number of benzene rings is 2. The number of rotatable bonds is 5. The van der Waals surface area contributed by atoms with Crippen molar-refractivity contribution in [2.75, 3.05) is 36.8 Å². The molecule has 3 rings (SSSR count). The Hall–Kier alpha value is -2.75. The van der Waals surface area contributed by atoms with E-state index in [-0.39, 0.29) is 17.3 Å². The highest BCUT2D eigenvalue weighted by Gasteiger charge is 2.34. The average Bonchev–Trinajstić information content (AvgIpc) is 2.72. The fraction of sp³-hybridized carbons (Fsp3) is 0.350. The molecule has 0 aliphatic carbocycles. The van der Waals surface area contributed by atoms with Gasteiger partial charge in [-0.05, 0) is 30.7 Å². The van der Waals surface area contributed by atoms with Gasteiger partial charge in [-0.2, -0.15) is 13.2 Å². The molecule has 0 spiro atoms. The lowest BCUT2D eigenvalue weighted by Crippen LogP contribution is -2.49. The molecular formula is C20H20F3N3O3S. The standard InChI is InChI=1S/C20H20F3N3O3S/c1-14-4-2-3-5-18(14)30-13-19(27)25-10-8-24(9-11-25)16-7-6-15(20(21,22)23)12-17(16)26(28)29/h2-7,12H,8-11,13H2,1H3. The molecule has 1 fully saturated rings. The molecule has 6 nitrogen and oxygen atoms in total. The minimum absolute atomic E-state index is 0.0372. The van der Waals surface area contributed by atoms with E-state index in [0.717, 1.165) is 22.6 Å². The maximum Gasteiger partial charge on any atom is 0.416 e. The number of nitrogens with zero attached hydrogens (tertiary/aromatic N) is 3. The van der Waals surface area contributed by atoms with Crippen molar-refractivity contribution in [3.05, 3.63) is 63.7 Å². The van der Waals surface area contributed by atoms with Crippen molar-refractivity contribution in [3.63, 3.8) is 0 Å². The Bertz CT molecular complexity index is 944. The fourth-order valence-corrected chi connectivity index (χ4v) is 4.19. The summed E-state index contributed by atoms with van der Waals surface area (Å²) in [7, 11) is 0. The molecule has 2 aromatic rings. The minimum Gasteiger partial charge on any atom is -0.362 e. The third-order valence-electron chi connectivity index (χ3n) is 4.92. The molecule has 1 heterocycles. The van der Waals surface area contributed by atoms with Gasteiger partial charge in [0.25, 0.3) is 5.69 Å². The number of amides is 1. The number of halogens is 3. The van der Waals surface area contributed by atoms with Crippen LogP contribution in [0.4, 0.5) is 24.5 Å². The van der Waals surface area contributed by atoms with Gasteiger partial charge in [0.05, 0.1) is 16.2 Å². The first-order valence-corrected chi connectivity index (χ1v) is 10.2. The van der Waals surface area contributed by atoms with Gasteiger partial charge >= 0.3 is 6.18 Å². The fourth-order valence-electron chi connectivity index (χ4n) is 3.26. The lowest BCUT2D eigenvalue weighted by Gasteiger charge is -2.36. The normalized spacial score (nSPS) is 14.7. The van der Waals surface area contributed by atoms with Crippen LogP contribution in [-0.4, -0.2) is 47.7 Å². The monoisotopic (exact) mass is 439 g/mol. The second-order valence-corrected chi connectivity index (χ2v) is 7.90. The first-order valence-electron chi connectivity index (χ1n) is 9.23. The van der Waals surface area contributed by atoms with E-state index in [0.29, 0.717) is 32.2 Å². The van der Waals surface area contributed by atoms with Crippen molar-refractivity contribution in [2.24, 2.45) is 0 Å². The van der Waals surface area contributed by atoms with Crippen molar-refractivity contribution in [3.8, 4) is 0 Å². The first-order chi connectivity index (χ1) is 14.2. The van der Waals surface area contributed by atoms with Crippen molar-refractivity contribution >= 4 is 29.0 Å². The van der Waals surface area contributed by atoms with Gasteiger partial charge in [-0.3, -0.25) is 14.9 Å². The molecule has 0 aromatic heterocycles. The summed E-state index contributed by atoms with van der Waals surface area (Å²) < 4.78 is 38.6. The second kappa shape index (κ2) is 8.95. The van der Waals surface area contributed by atoms with Crippen LogP contribution >= 0.6 is 11.8 Å². The Morgan fingerprint density at radius 1 is 1.13 bits per heavy atom. The third kappa shape index (κ3) is 5.05. The maximum atomic E-state index is 12.9. The number of anilines is 1. The molecule has 1 saturated heterocycles. The highest BCUT2D eigenvalue weighted by Crippen LogP contribution is 2.36.